The molecule has 3 unspecified atom stereocenters. The Balaban J connectivity index is 1.94. The average Bonchev–Trinajstić information content (AvgIpc) is 3.24. The summed E-state index contributed by atoms with van der Waals surface area (Å²) < 4.78 is 12.5. The van der Waals surface area contributed by atoms with E-state index in [2.05, 4.69) is 31.3 Å². The van der Waals surface area contributed by atoms with Crippen LogP contribution in [0.25, 0.3) is 0 Å². The Labute approximate surface area is 123 Å². The molecule has 0 bridgehead atoms. The maximum absolute atomic E-state index is 12.5. The third-order valence-corrected chi connectivity index (χ3v) is 3.93. The van der Waals surface area contributed by atoms with Crippen LogP contribution in [0.2, 0.25) is 0 Å². The summed E-state index contributed by atoms with van der Waals surface area (Å²) in [6.45, 7) is 3.14. The van der Waals surface area contributed by atoms with Gasteiger partial charge in [0.15, 0.2) is 6.04 Å². The van der Waals surface area contributed by atoms with Gasteiger partial charge in [-0.05, 0) is 29.4 Å². The van der Waals surface area contributed by atoms with Gasteiger partial charge in [-0.1, -0.05) is 38.1 Å². The van der Waals surface area contributed by atoms with Gasteiger partial charge in [-0.3, -0.25) is 4.79 Å². The third-order valence-electron chi connectivity index (χ3n) is 3.93. The van der Waals surface area contributed by atoms with Gasteiger partial charge in [-0.2, -0.15) is 0 Å². The third kappa shape index (κ3) is 3.60. The van der Waals surface area contributed by atoms with Gasteiger partial charge in [0, 0.05) is 5.92 Å². The van der Waals surface area contributed by atoms with Gasteiger partial charge in [0.1, 0.15) is 6.67 Å². The van der Waals surface area contributed by atoms with E-state index in [0.717, 1.165) is 5.56 Å². The minimum Gasteiger partial charge on any atom is -0.480 e. The van der Waals surface area contributed by atoms with Crippen LogP contribution >= 0.6 is 0 Å². The highest BCUT2D eigenvalue weighted by Crippen LogP contribution is 2.47. The lowest BCUT2D eigenvalue weighted by Crippen LogP contribution is -2.43. The summed E-state index contributed by atoms with van der Waals surface area (Å²) in [5.41, 5.74) is 2.32. The van der Waals surface area contributed by atoms with Crippen molar-refractivity contribution in [1.82, 2.24) is 5.32 Å². The zero-order chi connectivity index (χ0) is 15.6. The Morgan fingerprint density at radius 3 is 2.43 bits per heavy atom. The summed E-state index contributed by atoms with van der Waals surface area (Å²) in [7, 11) is 0. The number of alkyl halides is 1. The largest absolute Gasteiger partial charge is 0.480 e. The molecule has 21 heavy (non-hydrogen) atoms. The Morgan fingerprint density at radius 2 is 1.95 bits per heavy atom. The number of carbonyl (C=O) groups is 2. The monoisotopic (exact) mass is 293 g/mol. The Bertz CT molecular complexity index is 527. The number of hydrogen-bond acceptors (Lipinski definition) is 2. The average molecular weight is 293 g/mol. The van der Waals surface area contributed by atoms with Crippen LogP contribution in [-0.4, -0.2) is 29.7 Å². The zero-order valence-corrected chi connectivity index (χ0v) is 12.2. The smallest absolute Gasteiger partial charge is 0.328 e. The summed E-state index contributed by atoms with van der Waals surface area (Å²) in [5, 5.41) is 11.0. The first kappa shape index (κ1) is 15.5. The van der Waals surface area contributed by atoms with Crippen LogP contribution in [0.3, 0.4) is 0 Å². The number of halogens is 1. The minimum atomic E-state index is -1.44. The predicted molar refractivity (Wildman–Crippen MR) is 76.9 cm³/mol. The lowest BCUT2D eigenvalue weighted by molar-refractivity contribution is -0.142. The molecule has 1 aliphatic carbocycles. The van der Waals surface area contributed by atoms with Crippen LogP contribution in [0.4, 0.5) is 4.39 Å². The van der Waals surface area contributed by atoms with Gasteiger partial charge in [0.05, 0.1) is 0 Å². The minimum absolute atomic E-state index is 0.111. The van der Waals surface area contributed by atoms with Crippen molar-refractivity contribution in [3.05, 3.63) is 35.4 Å². The maximum atomic E-state index is 12.5. The van der Waals surface area contributed by atoms with E-state index in [1.54, 1.807) is 0 Å². The van der Waals surface area contributed by atoms with Crippen molar-refractivity contribution in [2.45, 2.75) is 38.1 Å². The molecular formula is C16H20FNO3. The second kappa shape index (κ2) is 6.24. The molecule has 2 N–H and O–H groups in total. The van der Waals surface area contributed by atoms with Crippen LogP contribution in [0.1, 0.15) is 43.2 Å². The maximum Gasteiger partial charge on any atom is 0.328 e. The van der Waals surface area contributed by atoms with E-state index in [0.29, 0.717) is 12.3 Å². The topological polar surface area (TPSA) is 66.4 Å². The van der Waals surface area contributed by atoms with Gasteiger partial charge in [-0.25, -0.2) is 9.18 Å². The molecule has 1 aromatic carbocycles. The number of carboxylic acids is 1. The number of hydrogen-bond donors (Lipinski definition) is 2. The summed E-state index contributed by atoms with van der Waals surface area (Å²) in [5.74, 6) is -1.40. The first-order valence-electron chi connectivity index (χ1n) is 7.13. The SMILES string of the molecule is CC(C)c1ccc(C2CC2C(=O)NC(CF)C(=O)O)cc1. The molecule has 1 aromatic rings. The molecule has 0 radical (unpaired) electrons. The number of carboxylic acid groups (broad SMARTS) is 1. The summed E-state index contributed by atoms with van der Waals surface area (Å²) in [6, 6.07) is 6.68. The van der Waals surface area contributed by atoms with E-state index in [9.17, 15) is 14.0 Å². The molecule has 3 atom stereocenters. The lowest BCUT2D eigenvalue weighted by Gasteiger charge is -2.11. The van der Waals surface area contributed by atoms with Gasteiger partial charge in [0.2, 0.25) is 5.91 Å². The van der Waals surface area contributed by atoms with E-state index in [-0.39, 0.29) is 17.7 Å². The van der Waals surface area contributed by atoms with Crippen molar-refractivity contribution >= 4 is 11.9 Å². The molecule has 1 saturated carbocycles. The van der Waals surface area contributed by atoms with Gasteiger partial charge < -0.3 is 10.4 Å². The van der Waals surface area contributed by atoms with Gasteiger partial charge in [0.25, 0.3) is 0 Å². The Morgan fingerprint density at radius 1 is 1.33 bits per heavy atom. The molecule has 2 rings (SSSR count). The first-order chi connectivity index (χ1) is 9.93. The number of amides is 1. The Hall–Kier alpha value is -1.91. The summed E-state index contributed by atoms with van der Waals surface area (Å²) in [6.07, 6.45) is 0.686. The highest BCUT2D eigenvalue weighted by Gasteiger charge is 2.44. The van der Waals surface area contributed by atoms with Crippen molar-refractivity contribution in [3.8, 4) is 0 Å². The van der Waals surface area contributed by atoms with Crippen LogP contribution in [0.15, 0.2) is 24.3 Å². The fourth-order valence-electron chi connectivity index (χ4n) is 2.43. The quantitative estimate of drug-likeness (QED) is 0.846. The number of nitrogens with one attached hydrogen (secondary N) is 1. The summed E-state index contributed by atoms with van der Waals surface area (Å²) >= 11 is 0. The molecule has 0 aliphatic heterocycles. The van der Waals surface area contributed by atoms with Crippen molar-refractivity contribution in [2.24, 2.45) is 5.92 Å². The van der Waals surface area contributed by atoms with Crippen LogP contribution in [0, 0.1) is 5.92 Å². The van der Waals surface area contributed by atoms with E-state index in [4.69, 9.17) is 5.11 Å². The molecule has 0 saturated heterocycles. The normalized spacial score (nSPS) is 21.9. The van der Waals surface area contributed by atoms with E-state index >= 15 is 0 Å². The highest BCUT2D eigenvalue weighted by molar-refractivity contribution is 5.87. The molecule has 1 fully saturated rings. The van der Waals surface area contributed by atoms with E-state index in [1.165, 1.54) is 5.56 Å². The first-order valence-corrected chi connectivity index (χ1v) is 7.13. The zero-order valence-electron chi connectivity index (χ0n) is 12.2. The second-order valence-corrected chi connectivity index (χ2v) is 5.82. The number of rotatable bonds is 6. The van der Waals surface area contributed by atoms with E-state index in [1.807, 2.05) is 12.1 Å². The van der Waals surface area contributed by atoms with Crippen molar-refractivity contribution in [2.75, 3.05) is 6.67 Å². The summed E-state index contributed by atoms with van der Waals surface area (Å²) in [4.78, 5) is 22.6. The van der Waals surface area contributed by atoms with Crippen LogP contribution < -0.4 is 5.32 Å². The standard InChI is InChI=1S/C16H20FNO3/c1-9(2)10-3-5-11(6-4-10)12-7-13(12)15(19)18-14(8-17)16(20)21/h3-6,9,12-14H,7-8H2,1-2H3,(H,18,19)(H,20,21). The molecule has 114 valence electrons. The molecule has 0 aromatic heterocycles. The predicted octanol–water partition coefficient (Wildman–Crippen LogP) is 2.45. The molecule has 4 nitrogen and oxygen atoms in total. The fraction of sp³-hybridized carbons (Fsp3) is 0.500. The molecule has 0 spiro atoms. The molecule has 0 heterocycles. The lowest BCUT2D eigenvalue weighted by atomic mass is 10.00. The number of aliphatic carboxylic acids is 1. The molecule has 1 aliphatic rings. The van der Waals surface area contributed by atoms with Crippen molar-refractivity contribution in [1.29, 1.82) is 0 Å². The highest BCUT2D eigenvalue weighted by atomic mass is 19.1. The van der Waals surface area contributed by atoms with Crippen LogP contribution in [-0.2, 0) is 9.59 Å². The van der Waals surface area contributed by atoms with Gasteiger partial charge >= 0.3 is 5.97 Å². The van der Waals surface area contributed by atoms with Crippen LogP contribution in [0.5, 0.6) is 0 Å². The second-order valence-electron chi connectivity index (χ2n) is 5.82. The van der Waals surface area contributed by atoms with Crippen molar-refractivity contribution < 1.29 is 19.1 Å². The molecule has 1 amide bonds. The van der Waals surface area contributed by atoms with Gasteiger partial charge in [-0.15, -0.1) is 0 Å². The van der Waals surface area contributed by atoms with Crippen molar-refractivity contribution in [3.63, 3.8) is 0 Å². The molecule has 5 heteroatoms. The Kier molecular flexibility index (Phi) is 4.60. The number of benzene rings is 1. The fourth-order valence-corrected chi connectivity index (χ4v) is 2.43. The molecular weight excluding hydrogens is 273 g/mol. The number of carbonyl (C=O) groups excluding carboxylic acids is 1. The van der Waals surface area contributed by atoms with E-state index < -0.39 is 18.7 Å².